The zero-order chi connectivity index (χ0) is 11.1. The number of carbonyl (C=O) groups is 1. The molecule has 15 heavy (non-hydrogen) atoms. The van der Waals surface area contributed by atoms with Gasteiger partial charge in [-0.3, -0.25) is 4.79 Å². The highest BCUT2D eigenvalue weighted by atomic mass is 16.5. The first kappa shape index (κ1) is 10.9. The highest BCUT2D eigenvalue weighted by Crippen LogP contribution is 2.62. The topological polar surface area (TPSA) is 46.5 Å². The molecule has 0 bridgehead atoms. The summed E-state index contributed by atoms with van der Waals surface area (Å²) in [5.41, 5.74) is -0.767. The summed E-state index contributed by atoms with van der Waals surface area (Å²) >= 11 is 0. The molecule has 3 heteroatoms. The molecular formula is C12H20O3. The fraction of sp³-hybridized carbons (Fsp3) is 0.917. The van der Waals surface area contributed by atoms with E-state index in [1.54, 1.807) is 6.92 Å². The maximum atomic E-state index is 11.5. The molecule has 2 aliphatic carbocycles. The Labute approximate surface area is 90.8 Å². The van der Waals surface area contributed by atoms with Crippen LogP contribution in [0.25, 0.3) is 0 Å². The van der Waals surface area contributed by atoms with E-state index in [2.05, 4.69) is 0 Å². The molecule has 0 aromatic carbocycles. The van der Waals surface area contributed by atoms with Gasteiger partial charge in [0.2, 0.25) is 0 Å². The maximum Gasteiger partial charge on any atom is 0.311 e. The monoisotopic (exact) mass is 212 g/mol. The summed E-state index contributed by atoms with van der Waals surface area (Å²) in [4.78, 5) is 11.5. The molecule has 0 radical (unpaired) electrons. The summed E-state index contributed by atoms with van der Waals surface area (Å²) in [5, 5.41) is 10.6. The number of carbonyl (C=O) groups excluding carboxylic acids is 1. The highest BCUT2D eigenvalue weighted by molar-refractivity contribution is 5.73. The van der Waals surface area contributed by atoms with Crippen molar-refractivity contribution in [1.82, 2.24) is 0 Å². The Hall–Kier alpha value is -0.570. The maximum absolute atomic E-state index is 11.5. The van der Waals surface area contributed by atoms with Gasteiger partial charge >= 0.3 is 5.97 Å². The van der Waals surface area contributed by atoms with Crippen LogP contribution >= 0.6 is 0 Å². The van der Waals surface area contributed by atoms with Gasteiger partial charge in [-0.2, -0.15) is 0 Å². The lowest BCUT2D eigenvalue weighted by molar-refractivity contribution is -0.207. The fourth-order valence-electron chi connectivity index (χ4n) is 3.52. The number of ether oxygens (including phenoxy) is 1. The number of methoxy groups -OCH3 is 1. The molecule has 0 saturated heterocycles. The van der Waals surface area contributed by atoms with Crippen molar-refractivity contribution in [2.75, 3.05) is 7.11 Å². The zero-order valence-electron chi connectivity index (χ0n) is 9.58. The third kappa shape index (κ3) is 1.32. The largest absolute Gasteiger partial charge is 0.469 e. The Kier molecular flexibility index (Phi) is 2.53. The molecule has 86 valence electrons. The molecule has 0 aromatic rings. The average Bonchev–Trinajstić information content (AvgIpc) is 2.75. The van der Waals surface area contributed by atoms with Crippen molar-refractivity contribution in [2.24, 2.45) is 11.3 Å². The standard InChI is InChI=1S/C12H20O3/c1-9(10(13)15-2)12(14)8-7-11(12)5-3-4-6-11/h9,14H,3-8H2,1-2H3. The van der Waals surface area contributed by atoms with Crippen molar-refractivity contribution >= 4 is 5.97 Å². The van der Waals surface area contributed by atoms with E-state index in [9.17, 15) is 9.90 Å². The molecule has 0 heterocycles. The van der Waals surface area contributed by atoms with Crippen LogP contribution in [0.5, 0.6) is 0 Å². The lowest BCUT2D eigenvalue weighted by atomic mass is 9.51. The van der Waals surface area contributed by atoms with Crippen LogP contribution in [0.3, 0.4) is 0 Å². The predicted molar refractivity (Wildman–Crippen MR) is 56.3 cm³/mol. The fourth-order valence-corrected chi connectivity index (χ4v) is 3.52. The van der Waals surface area contributed by atoms with Crippen LogP contribution in [0.4, 0.5) is 0 Å². The number of rotatable bonds is 2. The Morgan fingerprint density at radius 1 is 1.27 bits per heavy atom. The normalized spacial score (nSPS) is 34.9. The molecule has 0 aliphatic heterocycles. The molecule has 0 aromatic heterocycles. The molecular weight excluding hydrogens is 192 g/mol. The van der Waals surface area contributed by atoms with E-state index in [0.717, 1.165) is 25.7 Å². The minimum absolute atomic E-state index is 0.0284. The first-order valence-corrected chi connectivity index (χ1v) is 5.86. The van der Waals surface area contributed by atoms with Crippen LogP contribution in [0.1, 0.15) is 45.4 Å². The van der Waals surface area contributed by atoms with Gasteiger partial charge in [0.15, 0.2) is 0 Å². The summed E-state index contributed by atoms with van der Waals surface area (Å²) < 4.78 is 4.74. The minimum atomic E-state index is -0.795. The second-order valence-corrected chi connectivity index (χ2v) is 5.16. The molecule has 2 unspecified atom stereocenters. The van der Waals surface area contributed by atoms with Crippen LogP contribution in [-0.4, -0.2) is 23.8 Å². The van der Waals surface area contributed by atoms with Crippen LogP contribution in [0.15, 0.2) is 0 Å². The summed E-state index contributed by atoms with van der Waals surface area (Å²) in [6.45, 7) is 1.80. The molecule has 2 rings (SSSR count). The number of esters is 1. The van der Waals surface area contributed by atoms with Gasteiger partial charge < -0.3 is 9.84 Å². The number of hydrogen-bond donors (Lipinski definition) is 1. The van der Waals surface area contributed by atoms with Crippen LogP contribution in [0, 0.1) is 11.3 Å². The molecule has 0 amide bonds. The third-order valence-corrected chi connectivity index (χ3v) is 4.73. The van der Waals surface area contributed by atoms with E-state index in [-0.39, 0.29) is 17.3 Å². The molecule has 2 fully saturated rings. The van der Waals surface area contributed by atoms with Gasteiger partial charge in [-0.25, -0.2) is 0 Å². The van der Waals surface area contributed by atoms with Gasteiger partial charge in [-0.1, -0.05) is 12.8 Å². The lowest BCUT2D eigenvalue weighted by Crippen LogP contribution is -2.61. The van der Waals surface area contributed by atoms with Crippen LogP contribution in [-0.2, 0) is 9.53 Å². The lowest BCUT2D eigenvalue weighted by Gasteiger charge is -2.57. The Balaban J connectivity index is 2.16. The van der Waals surface area contributed by atoms with Gasteiger partial charge in [0.25, 0.3) is 0 Å². The summed E-state index contributed by atoms with van der Waals surface area (Å²) in [5.74, 6) is -0.655. The Morgan fingerprint density at radius 2 is 1.87 bits per heavy atom. The second kappa shape index (κ2) is 3.48. The molecule has 2 atom stereocenters. The molecule has 1 N–H and O–H groups in total. The molecule has 3 nitrogen and oxygen atoms in total. The van der Waals surface area contributed by atoms with Crippen molar-refractivity contribution in [3.05, 3.63) is 0 Å². The highest BCUT2D eigenvalue weighted by Gasteiger charge is 2.62. The van der Waals surface area contributed by atoms with Gasteiger partial charge in [-0.15, -0.1) is 0 Å². The zero-order valence-corrected chi connectivity index (χ0v) is 9.58. The molecule has 2 saturated carbocycles. The molecule has 1 spiro atoms. The quantitative estimate of drug-likeness (QED) is 0.711. The van der Waals surface area contributed by atoms with Crippen LogP contribution in [0.2, 0.25) is 0 Å². The van der Waals surface area contributed by atoms with Gasteiger partial charge in [0.1, 0.15) is 0 Å². The van der Waals surface area contributed by atoms with Gasteiger partial charge in [-0.05, 0) is 32.6 Å². The summed E-state index contributed by atoms with van der Waals surface area (Å²) in [7, 11) is 1.39. The first-order valence-electron chi connectivity index (χ1n) is 5.86. The predicted octanol–water partition coefficient (Wildman–Crippen LogP) is 1.88. The van der Waals surface area contributed by atoms with Crippen LogP contribution < -0.4 is 0 Å². The Bertz CT molecular complexity index is 268. The van der Waals surface area contributed by atoms with Crippen molar-refractivity contribution in [2.45, 2.75) is 51.0 Å². The van der Waals surface area contributed by atoms with E-state index in [1.165, 1.54) is 20.0 Å². The Morgan fingerprint density at radius 3 is 2.27 bits per heavy atom. The van der Waals surface area contributed by atoms with Gasteiger partial charge in [0, 0.05) is 5.41 Å². The van der Waals surface area contributed by atoms with Crippen molar-refractivity contribution in [3.63, 3.8) is 0 Å². The number of hydrogen-bond acceptors (Lipinski definition) is 3. The summed E-state index contributed by atoms with van der Waals surface area (Å²) in [6, 6.07) is 0. The van der Waals surface area contributed by atoms with Crippen molar-refractivity contribution in [1.29, 1.82) is 0 Å². The van der Waals surface area contributed by atoms with E-state index >= 15 is 0 Å². The SMILES string of the molecule is COC(=O)C(C)C1(O)CCC12CCCC2. The minimum Gasteiger partial charge on any atom is -0.469 e. The average molecular weight is 212 g/mol. The van der Waals surface area contributed by atoms with Crippen molar-refractivity contribution in [3.8, 4) is 0 Å². The van der Waals surface area contributed by atoms with Gasteiger partial charge in [0.05, 0.1) is 18.6 Å². The second-order valence-electron chi connectivity index (χ2n) is 5.16. The van der Waals surface area contributed by atoms with E-state index in [1.807, 2.05) is 0 Å². The van der Waals surface area contributed by atoms with Crippen molar-refractivity contribution < 1.29 is 14.6 Å². The van der Waals surface area contributed by atoms with E-state index in [0.29, 0.717) is 0 Å². The third-order valence-electron chi connectivity index (χ3n) is 4.73. The smallest absolute Gasteiger partial charge is 0.311 e. The number of aliphatic hydroxyl groups is 1. The summed E-state index contributed by atoms with van der Waals surface area (Å²) in [6.07, 6.45) is 6.36. The van der Waals surface area contributed by atoms with E-state index in [4.69, 9.17) is 4.74 Å². The van der Waals surface area contributed by atoms with E-state index < -0.39 is 5.60 Å². The molecule has 2 aliphatic rings. The first-order chi connectivity index (χ1) is 7.06.